The van der Waals surface area contributed by atoms with E-state index in [0.29, 0.717) is 6.42 Å². The lowest BCUT2D eigenvalue weighted by molar-refractivity contribution is -0.144. The Hall–Kier alpha value is -1.35. The SMILES string of the molecule is N[C@@H](Cc1ccccc1)C([O])=O. The van der Waals surface area contributed by atoms with Crippen LogP contribution in [0.25, 0.3) is 0 Å². The first kappa shape index (κ1) is 8.74. The average molecular weight is 164 g/mol. The van der Waals surface area contributed by atoms with Gasteiger partial charge in [-0.15, -0.1) is 0 Å². The molecule has 0 saturated carbocycles. The lowest BCUT2D eigenvalue weighted by Crippen LogP contribution is -2.31. The highest BCUT2D eigenvalue weighted by molar-refractivity contribution is 5.73. The minimum Gasteiger partial charge on any atom is -0.318 e. The van der Waals surface area contributed by atoms with E-state index in [2.05, 4.69) is 0 Å². The van der Waals surface area contributed by atoms with E-state index in [-0.39, 0.29) is 0 Å². The van der Waals surface area contributed by atoms with Gasteiger partial charge in [0.15, 0.2) is 0 Å². The molecule has 0 aromatic heterocycles. The molecule has 3 nitrogen and oxygen atoms in total. The van der Waals surface area contributed by atoms with Crippen LogP contribution in [-0.4, -0.2) is 12.0 Å². The predicted octanol–water partition coefficient (Wildman–Crippen LogP) is 0.514. The van der Waals surface area contributed by atoms with E-state index in [1.54, 1.807) is 0 Å². The van der Waals surface area contributed by atoms with Gasteiger partial charge in [0.2, 0.25) is 0 Å². The van der Waals surface area contributed by atoms with Gasteiger partial charge in [-0.25, -0.2) is 9.90 Å². The first-order valence-corrected chi connectivity index (χ1v) is 3.70. The largest absolute Gasteiger partial charge is 0.372 e. The van der Waals surface area contributed by atoms with Crippen LogP contribution in [0.15, 0.2) is 30.3 Å². The highest BCUT2D eigenvalue weighted by atomic mass is 16.4. The Morgan fingerprint density at radius 3 is 2.42 bits per heavy atom. The van der Waals surface area contributed by atoms with Crippen molar-refractivity contribution in [2.45, 2.75) is 12.5 Å². The Balaban J connectivity index is 2.58. The maximum absolute atomic E-state index is 10.3. The molecule has 0 aliphatic heterocycles. The number of carbonyl (C=O) groups excluding carboxylic acids is 1. The molecule has 0 aliphatic rings. The molecule has 0 amide bonds. The minimum atomic E-state index is -1.21. The predicted molar refractivity (Wildman–Crippen MR) is 43.8 cm³/mol. The second-order valence-electron chi connectivity index (χ2n) is 2.62. The zero-order valence-electron chi connectivity index (χ0n) is 6.57. The van der Waals surface area contributed by atoms with Crippen molar-refractivity contribution >= 4 is 5.97 Å². The second kappa shape index (κ2) is 3.88. The lowest BCUT2D eigenvalue weighted by Gasteiger charge is -2.03. The zero-order valence-corrected chi connectivity index (χ0v) is 6.57. The van der Waals surface area contributed by atoms with Crippen molar-refractivity contribution in [1.29, 1.82) is 0 Å². The Kier molecular flexibility index (Phi) is 2.82. The van der Waals surface area contributed by atoms with Gasteiger partial charge in [0.1, 0.15) is 6.04 Å². The van der Waals surface area contributed by atoms with Gasteiger partial charge in [-0.3, -0.25) is 0 Å². The minimum absolute atomic E-state index is 0.323. The van der Waals surface area contributed by atoms with Crippen LogP contribution in [0.4, 0.5) is 0 Å². The normalized spacial score (nSPS) is 12.4. The number of hydrogen-bond donors (Lipinski definition) is 1. The summed E-state index contributed by atoms with van der Waals surface area (Å²) in [6.45, 7) is 0. The molecule has 2 N–H and O–H groups in total. The molecule has 1 aromatic rings. The van der Waals surface area contributed by atoms with Gasteiger partial charge in [-0.2, -0.15) is 0 Å². The van der Waals surface area contributed by atoms with E-state index >= 15 is 0 Å². The summed E-state index contributed by atoms with van der Waals surface area (Å²) in [5.74, 6) is -1.21. The van der Waals surface area contributed by atoms with Crippen molar-refractivity contribution in [2.24, 2.45) is 5.73 Å². The number of rotatable bonds is 3. The van der Waals surface area contributed by atoms with Gasteiger partial charge in [-0.05, 0) is 12.0 Å². The van der Waals surface area contributed by atoms with Crippen LogP contribution in [0.2, 0.25) is 0 Å². The summed E-state index contributed by atoms with van der Waals surface area (Å²) in [6.07, 6.45) is 0.323. The topological polar surface area (TPSA) is 63.0 Å². The van der Waals surface area contributed by atoms with Crippen molar-refractivity contribution in [3.05, 3.63) is 35.9 Å². The summed E-state index contributed by atoms with van der Waals surface area (Å²) in [7, 11) is 0. The summed E-state index contributed by atoms with van der Waals surface area (Å²) in [4.78, 5) is 10.3. The molecule has 0 aliphatic carbocycles. The van der Waals surface area contributed by atoms with E-state index in [4.69, 9.17) is 5.73 Å². The molecular formula is C9H10NO2. The molecule has 0 saturated heterocycles. The Bertz CT molecular complexity index is 258. The smallest absolute Gasteiger partial charge is 0.318 e. The summed E-state index contributed by atoms with van der Waals surface area (Å²) in [6, 6.07) is 8.32. The van der Waals surface area contributed by atoms with Crippen molar-refractivity contribution in [3.63, 3.8) is 0 Å². The second-order valence-corrected chi connectivity index (χ2v) is 2.62. The van der Waals surface area contributed by atoms with Gasteiger partial charge in [-0.1, -0.05) is 30.3 Å². The highest BCUT2D eigenvalue weighted by Gasteiger charge is 2.13. The standard InChI is InChI=1S/C9H10NO2/c10-8(9(11)12)6-7-4-2-1-3-5-7/h1-5,8H,6,10H2/t8-/m0/s1. The van der Waals surface area contributed by atoms with Crippen LogP contribution >= 0.6 is 0 Å². The van der Waals surface area contributed by atoms with E-state index in [9.17, 15) is 9.90 Å². The average Bonchev–Trinajstić information content (AvgIpc) is 2.06. The third-order valence-corrected chi connectivity index (χ3v) is 1.60. The number of nitrogens with two attached hydrogens (primary N) is 1. The van der Waals surface area contributed by atoms with Gasteiger partial charge in [0, 0.05) is 0 Å². The molecule has 63 valence electrons. The number of hydrogen-bond acceptors (Lipinski definition) is 2. The maximum Gasteiger partial charge on any atom is 0.372 e. The molecule has 1 radical (unpaired) electrons. The summed E-state index contributed by atoms with van der Waals surface area (Å²) in [5.41, 5.74) is 6.20. The van der Waals surface area contributed by atoms with Crippen LogP contribution in [0.5, 0.6) is 0 Å². The Labute approximate surface area is 70.8 Å². The Morgan fingerprint density at radius 1 is 1.33 bits per heavy atom. The van der Waals surface area contributed by atoms with Crippen LogP contribution in [0.3, 0.4) is 0 Å². The van der Waals surface area contributed by atoms with Crippen LogP contribution in [0.1, 0.15) is 5.56 Å². The lowest BCUT2D eigenvalue weighted by atomic mass is 10.1. The fraction of sp³-hybridized carbons (Fsp3) is 0.222. The third kappa shape index (κ3) is 2.36. The van der Waals surface area contributed by atoms with Crippen molar-refractivity contribution in [2.75, 3.05) is 0 Å². The molecule has 0 heterocycles. The Morgan fingerprint density at radius 2 is 1.92 bits per heavy atom. The van der Waals surface area contributed by atoms with Gasteiger partial charge >= 0.3 is 5.97 Å². The first-order valence-electron chi connectivity index (χ1n) is 3.70. The molecule has 12 heavy (non-hydrogen) atoms. The number of benzene rings is 1. The molecule has 0 fully saturated rings. The van der Waals surface area contributed by atoms with Crippen molar-refractivity contribution in [1.82, 2.24) is 0 Å². The molecule has 1 rings (SSSR count). The molecule has 1 aromatic carbocycles. The molecule has 0 bridgehead atoms. The molecule has 0 spiro atoms. The highest BCUT2D eigenvalue weighted by Crippen LogP contribution is 2.01. The molecule has 1 atom stereocenters. The maximum atomic E-state index is 10.3. The van der Waals surface area contributed by atoms with E-state index in [0.717, 1.165) is 5.56 Å². The molecule has 0 unspecified atom stereocenters. The third-order valence-electron chi connectivity index (χ3n) is 1.60. The van der Waals surface area contributed by atoms with Gasteiger partial charge in [0.05, 0.1) is 0 Å². The van der Waals surface area contributed by atoms with Crippen LogP contribution in [0, 0.1) is 0 Å². The van der Waals surface area contributed by atoms with Gasteiger partial charge < -0.3 is 5.73 Å². The zero-order chi connectivity index (χ0) is 8.97. The van der Waals surface area contributed by atoms with Crippen LogP contribution < -0.4 is 5.73 Å². The number of carbonyl (C=O) groups is 1. The molecular weight excluding hydrogens is 154 g/mol. The quantitative estimate of drug-likeness (QED) is 0.707. The summed E-state index contributed by atoms with van der Waals surface area (Å²) in [5, 5.41) is 10.3. The van der Waals surface area contributed by atoms with E-state index in [1.165, 1.54) is 0 Å². The molecule has 3 heteroatoms. The monoisotopic (exact) mass is 164 g/mol. The van der Waals surface area contributed by atoms with Crippen LogP contribution in [-0.2, 0) is 16.3 Å². The summed E-state index contributed by atoms with van der Waals surface area (Å²) >= 11 is 0. The van der Waals surface area contributed by atoms with Crippen molar-refractivity contribution < 1.29 is 9.90 Å². The summed E-state index contributed by atoms with van der Waals surface area (Å²) < 4.78 is 0. The first-order chi connectivity index (χ1) is 5.70. The van der Waals surface area contributed by atoms with Gasteiger partial charge in [0.25, 0.3) is 0 Å². The van der Waals surface area contributed by atoms with E-state index in [1.807, 2.05) is 30.3 Å². The fourth-order valence-corrected chi connectivity index (χ4v) is 0.951. The van der Waals surface area contributed by atoms with Crippen molar-refractivity contribution in [3.8, 4) is 0 Å². The fourth-order valence-electron chi connectivity index (χ4n) is 0.951. The van der Waals surface area contributed by atoms with E-state index < -0.39 is 12.0 Å².